The van der Waals surface area contributed by atoms with Crippen molar-refractivity contribution in [3.05, 3.63) is 42.0 Å². The molecule has 1 fully saturated rings. The van der Waals surface area contributed by atoms with E-state index in [4.69, 9.17) is 0 Å². The zero-order valence-corrected chi connectivity index (χ0v) is 13.8. The Kier molecular flexibility index (Phi) is 4.47. The number of hydrogen-bond donors (Lipinski definition) is 2. The molecular weight excluding hydrogens is 312 g/mol. The quantitative estimate of drug-likeness (QED) is 0.879. The van der Waals surface area contributed by atoms with Gasteiger partial charge in [-0.25, -0.2) is 8.42 Å². The zero-order valence-electron chi connectivity index (χ0n) is 13.0. The average Bonchev–Trinajstić information content (AvgIpc) is 3.02. The van der Waals surface area contributed by atoms with E-state index in [1.165, 1.54) is 12.8 Å². The summed E-state index contributed by atoms with van der Waals surface area (Å²) in [6.07, 6.45) is 4.76. The summed E-state index contributed by atoms with van der Waals surface area (Å²) < 4.78 is 27.3. The van der Waals surface area contributed by atoms with Crippen LogP contribution in [0.3, 0.4) is 0 Å². The monoisotopic (exact) mass is 332 g/mol. The highest BCUT2D eigenvalue weighted by atomic mass is 32.2. The van der Waals surface area contributed by atoms with Gasteiger partial charge in [-0.05, 0) is 43.5 Å². The third-order valence-electron chi connectivity index (χ3n) is 3.99. The van der Waals surface area contributed by atoms with Gasteiger partial charge in [-0.15, -0.1) is 10.2 Å². The minimum absolute atomic E-state index is 0.213. The lowest BCUT2D eigenvalue weighted by atomic mass is 10.2. The van der Waals surface area contributed by atoms with Crippen LogP contribution in [0.5, 0.6) is 0 Å². The summed E-state index contributed by atoms with van der Waals surface area (Å²) in [6, 6.07) is 10.6. The van der Waals surface area contributed by atoms with E-state index in [9.17, 15) is 8.42 Å². The van der Waals surface area contributed by atoms with Crippen molar-refractivity contribution in [1.82, 2.24) is 10.2 Å². The van der Waals surface area contributed by atoms with Gasteiger partial charge in [0.15, 0.2) is 5.82 Å². The summed E-state index contributed by atoms with van der Waals surface area (Å²) in [5, 5.41) is 11.3. The highest BCUT2D eigenvalue weighted by Gasteiger charge is 2.18. The van der Waals surface area contributed by atoms with E-state index in [0.717, 1.165) is 12.8 Å². The Hall–Kier alpha value is -2.15. The largest absolute Gasteiger partial charge is 0.366 e. The smallest absolute Gasteiger partial charge is 0.263 e. The minimum Gasteiger partial charge on any atom is -0.366 e. The molecule has 2 aromatic rings. The molecule has 0 unspecified atom stereocenters. The van der Waals surface area contributed by atoms with Crippen molar-refractivity contribution in [2.75, 3.05) is 10.0 Å². The Labute approximate surface area is 136 Å². The topological polar surface area (TPSA) is 84.0 Å². The Bertz CT molecular complexity index is 769. The molecule has 23 heavy (non-hydrogen) atoms. The third kappa shape index (κ3) is 3.79. The predicted octanol–water partition coefficient (Wildman–Crippen LogP) is 2.94. The second kappa shape index (κ2) is 6.54. The molecule has 1 aliphatic carbocycles. The Balaban J connectivity index is 1.71. The van der Waals surface area contributed by atoms with Crippen LogP contribution >= 0.6 is 0 Å². The zero-order chi connectivity index (χ0) is 16.3. The number of aryl methyl sites for hydroxylation is 1. The van der Waals surface area contributed by atoms with E-state index < -0.39 is 10.0 Å². The standard InChI is InChI=1S/C16H20N4O2S/c1-12-6-2-5-9-14(12)23(21,22)20-16-11-10-15(18-19-16)17-13-7-3-4-8-13/h2,5-6,9-11,13H,3-4,7-8H2,1H3,(H,17,18)(H,19,20). The van der Waals surface area contributed by atoms with Gasteiger partial charge in [0.2, 0.25) is 0 Å². The first-order chi connectivity index (χ1) is 11.0. The second-order valence-electron chi connectivity index (χ2n) is 5.80. The maximum absolute atomic E-state index is 12.4. The van der Waals surface area contributed by atoms with Gasteiger partial charge >= 0.3 is 0 Å². The van der Waals surface area contributed by atoms with Crippen molar-refractivity contribution in [1.29, 1.82) is 0 Å². The van der Waals surface area contributed by atoms with Gasteiger partial charge < -0.3 is 5.32 Å². The molecule has 0 saturated heterocycles. The molecule has 1 aromatic heterocycles. The van der Waals surface area contributed by atoms with Crippen molar-refractivity contribution < 1.29 is 8.42 Å². The van der Waals surface area contributed by atoms with Crippen LogP contribution in [-0.4, -0.2) is 24.7 Å². The molecule has 0 amide bonds. The average molecular weight is 332 g/mol. The molecule has 0 spiro atoms. The van der Waals surface area contributed by atoms with E-state index in [0.29, 0.717) is 17.4 Å². The van der Waals surface area contributed by atoms with Crippen molar-refractivity contribution >= 4 is 21.7 Å². The molecule has 1 aliphatic rings. The third-order valence-corrected chi connectivity index (χ3v) is 5.51. The first-order valence-electron chi connectivity index (χ1n) is 7.73. The van der Waals surface area contributed by atoms with Crippen molar-refractivity contribution in [2.45, 2.75) is 43.5 Å². The summed E-state index contributed by atoms with van der Waals surface area (Å²) >= 11 is 0. The van der Waals surface area contributed by atoms with Gasteiger partial charge in [-0.1, -0.05) is 31.0 Å². The lowest BCUT2D eigenvalue weighted by molar-refractivity contribution is 0.600. The van der Waals surface area contributed by atoms with Crippen LogP contribution in [0.25, 0.3) is 0 Å². The lowest BCUT2D eigenvalue weighted by Gasteiger charge is -2.12. The molecule has 0 bridgehead atoms. The summed E-state index contributed by atoms with van der Waals surface area (Å²) in [5.41, 5.74) is 0.687. The Morgan fingerprint density at radius 3 is 2.30 bits per heavy atom. The molecule has 0 atom stereocenters. The van der Waals surface area contributed by atoms with Gasteiger partial charge in [0.25, 0.3) is 10.0 Å². The van der Waals surface area contributed by atoms with Crippen LogP contribution in [-0.2, 0) is 10.0 Å². The number of nitrogens with zero attached hydrogens (tertiary/aromatic N) is 2. The minimum atomic E-state index is -3.65. The van der Waals surface area contributed by atoms with Gasteiger partial charge in [-0.2, -0.15) is 0 Å². The molecule has 1 aromatic carbocycles. The molecule has 2 N–H and O–H groups in total. The first kappa shape index (κ1) is 15.7. The van der Waals surface area contributed by atoms with E-state index in [2.05, 4.69) is 20.2 Å². The maximum atomic E-state index is 12.4. The first-order valence-corrected chi connectivity index (χ1v) is 9.22. The molecule has 122 valence electrons. The van der Waals surface area contributed by atoms with E-state index in [1.807, 2.05) is 0 Å². The van der Waals surface area contributed by atoms with Crippen LogP contribution in [0.15, 0.2) is 41.3 Å². The maximum Gasteiger partial charge on any atom is 0.263 e. The number of anilines is 2. The van der Waals surface area contributed by atoms with Gasteiger partial charge in [-0.3, -0.25) is 4.72 Å². The van der Waals surface area contributed by atoms with Crippen LogP contribution in [0.2, 0.25) is 0 Å². The summed E-state index contributed by atoms with van der Waals surface area (Å²) in [6.45, 7) is 1.76. The fraction of sp³-hybridized carbons (Fsp3) is 0.375. The molecule has 0 radical (unpaired) electrons. The summed E-state index contributed by atoms with van der Waals surface area (Å²) in [4.78, 5) is 0.245. The number of aromatic nitrogens is 2. The molecule has 1 heterocycles. The van der Waals surface area contributed by atoms with Crippen LogP contribution < -0.4 is 10.0 Å². The second-order valence-corrected chi connectivity index (χ2v) is 7.45. The Morgan fingerprint density at radius 2 is 1.65 bits per heavy atom. The fourth-order valence-corrected chi connectivity index (χ4v) is 4.04. The number of sulfonamides is 1. The highest BCUT2D eigenvalue weighted by molar-refractivity contribution is 7.92. The van der Waals surface area contributed by atoms with Crippen molar-refractivity contribution in [2.24, 2.45) is 0 Å². The van der Waals surface area contributed by atoms with Crippen LogP contribution in [0.4, 0.5) is 11.6 Å². The van der Waals surface area contributed by atoms with Gasteiger partial charge in [0.05, 0.1) is 4.90 Å². The molecular formula is C16H20N4O2S. The molecule has 3 rings (SSSR count). The van der Waals surface area contributed by atoms with Crippen molar-refractivity contribution in [3.63, 3.8) is 0 Å². The van der Waals surface area contributed by atoms with Crippen LogP contribution in [0, 0.1) is 6.92 Å². The number of nitrogens with one attached hydrogen (secondary N) is 2. The number of hydrogen-bond acceptors (Lipinski definition) is 5. The Morgan fingerprint density at radius 1 is 1.00 bits per heavy atom. The molecule has 7 heteroatoms. The SMILES string of the molecule is Cc1ccccc1S(=O)(=O)Nc1ccc(NC2CCCC2)nn1. The van der Waals surface area contributed by atoms with E-state index in [-0.39, 0.29) is 10.7 Å². The van der Waals surface area contributed by atoms with Crippen molar-refractivity contribution in [3.8, 4) is 0 Å². The van der Waals surface area contributed by atoms with Gasteiger partial charge in [0.1, 0.15) is 5.82 Å². The van der Waals surface area contributed by atoms with Crippen LogP contribution in [0.1, 0.15) is 31.2 Å². The molecule has 1 saturated carbocycles. The number of benzene rings is 1. The molecule has 6 nitrogen and oxygen atoms in total. The van der Waals surface area contributed by atoms with E-state index in [1.54, 1.807) is 43.3 Å². The lowest BCUT2D eigenvalue weighted by Crippen LogP contribution is -2.17. The number of rotatable bonds is 5. The highest BCUT2D eigenvalue weighted by Crippen LogP contribution is 2.22. The normalized spacial score (nSPS) is 15.5. The fourth-order valence-electron chi connectivity index (χ4n) is 2.79. The summed E-state index contributed by atoms with van der Waals surface area (Å²) in [5.74, 6) is 0.890. The summed E-state index contributed by atoms with van der Waals surface area (Å²) in [7, 11) is -3.65. The molecule has 0 aliphatic heterocycles. The van der Waals surface area contributed by atoms with E-state index >= 15 is 0 Å². The van der Waals surface area contributed by atoms with Gasteiger partial charge in [0, 0.05) is 6.04 Å². The predicted molar refractivity (Wildman–Crippen MR) is 89.9 cm³/mol.